The van der Waals surface area contributed by atoms with E-state index < -0.39 is 0 Å². The summed E-state index contributed by atoms with van der Waals surface area (Å²) < 4.78 is 0. The number of anilines is 1. The number of aromatic nitrogens is 4. The van der Waals surface area contributed by atoms with Crippen LogP contribution in [0.1, 0.15) is 34.6 Å². The lowest BCUT2D eigenvalue weighted by atomic mass is 10.0. The van der Waals surface area contributed by atoms with Crippen LogP contribution in [-0.2, 0) is 24.2 Å². The first-order valence-electron chi connectivity index (χ1n) is 8.71. The molecule has 8 heteroatoms. The molecular weight excluding hydrogens is 332 g/mol. The first-order valence-corrected chi connectivity index (χ1v) is 8.71. The van der Waals surface area contributed by atoms with Gasteiger partial charge in [-0.3, -0.25) is 4.79 Å². The topological polar surface area (TPSA) is 95.1 Å². The molecule has 0 saturated heterocycles. The molecule has 138 valence electrons. The molecule has 0 aliphatic carbocycles. The molecule has 26 heavy (non-hydrogen) atoms. The van der Waals surface area contributed by atoms with Gasteiger partial charge in [0.05, 0.1) is 12.2 Å². The van der Waals surface area contributed by atoms with E-state index in [-0.39, 0.29) is 11.6 Å². The molecule has 0 atom stereocenters. The normalized spacial score (nSPS) is 13.5. The number of hydrogen-bond donors (Lipinski definition) is 1. The maximum Gasteiger partial charge on any atom is 0.345 e. The van der Waals surface area contributed by atoms with Gasteiger partial charge >= 0.3 is 5.69 Å². The van der Waals surface area contributed by atoms with E-state index in [0.29, 0.717) is 31.6 Å². The van der Waals surface area contributed by atoms with Crippen molar-refractivity contribution >= 4 is 11.7 Å². The Bertz CT molecular complexity index is 863. The molecule has 2 aromatic rings. The van der Waals surface area contributed by atoms with Gasteiger partial charge in [-0.2, -0.15) is 4.98 Å². The van der Waals surface area contributed by atoms with Crippen LogP contribution in [0.5, 0.6) is 0 Å². The van der Waals surface area contributed by atoms with Gasteiger partial charge < -0.3 is 14.8 Å². The van der Waals surface area contributed by atoms with Crippen LogP contribution in [0.2, 0.25) is 0 Å². The van der Waals surface area contributed by atoms with Crippen molar-refractivity contribution in [1.82, 2.24) is 24.8 Å². The number of H-pyrrole nitrogens is 1. The lowest BCUT2D eigenvalue weighted by Crippen LogP contribution is -2.37. The average molecular weight is 356 g/mol. The number of amides is 1. The molecule has 0 unspecified atom stereocenters. The Morgan fingerprint density at radius 2 is 2.08 bits per heavy atom. The highest BCUT2D eigenvalue weighted by molar-refractivity contribution is 5.77. The SMILES string of the molecule is Cc1nc(=O)[nH]c(C)c1CCC(=O)N1CCc2c(ncnc2N(C)C)C1. The second kappa shape index (κ2) is 7.23. The Kier molecular flexibility index (Phi) is 5.01. The fraction of sp³-hybridized carbons (Fsp3) is 0.500. The second-order valence-corrected chi connectivity index (χ2v) is 6.81. The molecule has 1 N–H and O–H groups in total. The number of nitrogens with one attached hydrogen (secondary N) is 1. The van der Waals surface area contributed by atoms with Crippen molar-refractivity contribution < 1.29 is 4.79 Å². The summed E-state index contributed by atoms with van der Waals surface area (Å²) in [7, 11) is 3.92. The highest BCUT2D eigenvalue weighted by Crippen LogP contribution is 2.24. The zero-order valence-electron chi connectivity index (χ0n) is 15.7. The van der Waals surface area contributed by atoms with Crippen molar-refractivity contribution in [2.24, 2.45) is 0 Å². The molecule has 1 aliphatic rings. The minimum atomic E-state index is -0.348. The summed E-state index contributed by atoms with van der Waals surface area (Å²) in [6.45, 7) is 4.83. The number of rotatable bonds is 4. The first-order chi connectivity index (χ1) is 12.4. The van der Waals surface area contributed by atoms with Crippen LogP contribution in [0.25, 0.3) is 0 Å². The fourth-order valence-electron chi connectivity index (χ4n) is 3.45. The van der Waals surface area contributed by atoms with Crippen LogP contribution < -0.4 is 10.6 Å². The number of aromatic amines is 1. The summed E-state index contributed by atoms with van der Waals surface area (Å²) in [5.74, 6) is 1.01. The van der Waals surface area contributed by atoms with E-state index in [0.717, 1.165) is 34.8 Å². The quantitative estimate of drug-likeness (QED) is 0.869. The Morgan fingerprint density at radius 3 is 2.77 bits per heavy atom. The minimum Gasteiger partial charge on any atom is -0.362 e. The molecule has 0 bridgehead atoms. The van der Waals surface area contributed by atoms with Crippen LogP contribution in [0.4, 0.5) is 5.82 Å². The van der Waals surface area contributed by atoms with Crippen molar-refractivity contribution in [3.8, 4) is 0 Å². The molecule has 0 radical (unpaired) electrons. The van der Waals surface area contributed by atoms with Crippen molar-refractivity contribution in [3.63, 3.8) is 0 Å². The third-order valence-corrected chi connectivity index (χ3v) is 4.80. The van der Waals surface area contributed by atoms with Gasteiger partial charge in [0.2, 0.25) is 5.91 Å². The van der Waals surface area contributed by atoms with Crippen molar-refractivity contribution in [1.29, 1.82) is 0 Å². The molecule has 2 aromatic heterocycles. The smallest absolute Gasteiger partial charge is 0.345 e. The minimum absolute atomic E-state index is 0.0886. The number of fused-ring (bicyclic) bond motifs is 1. The number of carbonyl (C=O) groups is 1. The third-order valence-electron chi connectivity index (χ3n) is 4.80. The zero-order chi connectivity index (χ0) is 18.8. The number of nitrogens with zero attached hydrogens (tertiary/aromatic N) is 5. The van der Waals surface area contributed by atoms with Crippen LogP contribution in [0.15, 0.2) is 11.1 Å². The van der Waals surface area contributed by atoms with E-state index in [2.05, 4.69) is 19.9 Å². The van der Waals surface area contributed by atoms with Gasteiger partial charge in [0.25, 0.3) is 0 Å². The molecule has 0 fully saturated rings. The van der Waals surface area contributed by atoms with E-state index in [1.165, 1.54) is 0 Å². The van der Waals surface area contributed by atoms with Crippen molar-refractivity contribution in [2.45, 2.75) is 39.7 Å². The molecular formula is C18H24N6O2. The standard InChI is InChI=1S/C18H24N6O2/c1-11-13(12(2)22-18(26)21-11)5-6-16(25)24-8-7-14-15(9-24)19-10-20-17(14)23(3)4/h10H,5-9H2,1-4H3,(H,21,22,26). The largest absolute Gasteiger partial charge is 0.362 e. The predicted molar refractivity (Wildman–Crippen MR) is 98.1 cm³/mol. The lowest BCUT2D eigenvalue weighted by molar-refractivity contribution is -0.132. The summed E-state index contributed by atoms with van der Waals surface area (Å²) in [4.78, 5) is 43.2. The maximum atomic E-state index is 12.7. The Balaban J connectivity index is 1.69. The van der Waals surface area contributed by atoms with E-state index in [9.17, 15) is 9.59 Å². The summed E-state index contributed by atoms with van der Waals surface area (Å²) in [6.07, 6.45) is 3.27. The van der Waals surface area contributed by atoms with Gasteiger partial charge in [-0.25, -0.2) is 14.8 Å². The first kappa shape index (κ1) is 18.0. The lowest BCUT2D eigenvalue weighted by Gasteiger charge is -2.30. The molecule has 1 aliphatic heterocycles. The zero-order valence-corrected chi connectivity index (χ0v) is 15.7. The number of aryl methyl sites for hydroxylation is 2. The fourth-order valence-corrected chi connectivity index (χ4v) is 3.45. The summed E-state index contributed by atoms with van der Waals surface area (Å²) in [6, 6.07) is 0. The second-order valence-electron chi connectivity index (χ2n) is 6.81. The Hall–Kier alpha value is -2.77. The summed E-state index contributed by atoms with van der Waals surface area (Å²) >= 11 is 0. The van der Waals surface area contributed by atoms with Gasteiger partial charge in [-0.15, -0.1) is 0 Å². The highest BCUT2D eigenvalue weighted by Gasteiger charge is 2.24. The van der Waals surface area contributed by atoms with Gasteiger partial charge in [-0.05, 0) is 32.3 Å². The van der Waals surface area contributed by atoms with Crippen LogP contribution >= 0.6 is 0 Å². The van der Waals surface area contributed by atoms with Gasteiger partial charge in [0, 0.05) is 44.0 Å². The third kappa shape index (κ3) is 3.58. The Labute approximate surface area is 152 Å². The van der Waals surface area contributed by atoms with E-state index in [1.807, 2.05) is 30.8 Å². The molecule has 0 aromatic carbocycles. The van der Waals surface area contributed by atoms with Crippen molar-refractivity contribution in [2.75, 3.05) is 25.5 Å². The highest BCUT2D eigenvalue weighted by atomic mass is 16.2. The van der Waals surface area contributed by atoms with E-state index >= 15 is 0 Å². The molecule has 3 rings (SSSR count). The predicted octanol–water partition coefficient (Wildman–Crippen LogP) is 0.760. The van der Waals surface area contributed by atoms with E-state index in [1.54, 1.807) is 13.3 Å². The Morgan fingerprint density at radius 1 is 1.31 bits per heavy atom. The maximum absolute atomic E-state index is 12.7. The number of carbonyl (C=O) groups excluding carboxylic acids is 1. The van der Waals surface area contributed by atoms with E-state index in [4.69, 9.17) is 0 Å². The molecule has 0 saturated carbocycles. The van der Waals surface area contributed by atoms with Gasteiger partial charge in [-0.1, -0.05) is 0 Å². The average Bonchev–Trinajstić information content (AvgIpc) is 2.59. The van der Waals surface area contributed by atoms with Crippen molar-refractivity contribution in [3.05, 3.63) is 45.0 Å². The molecule has 0 spiro atoms. The van der Waals surface area contributed by atoms with Crippen LogP contribution in [0, 0.1) is 13.8 Å². The number of hydrogen-bond acceptors (Lipinski definition) is 6. The summed E-state index contributed by atoms with van der Waals surface area (Å²) in [5.41, 5.74) is 4.10. The summed E-state index contributed by atoms with van der Waals surface area (Å²) in [5, 5.41) is 0. The molecule has 1 amide bonds. The molecule has 3 heterocycles. The van der Waals surface area contributed by atoms with Gasteiger partial charge in [0.15, 0.2) is 0 Å². The van der Waals surface area contributed by atoms with Gasteiger partial charge in [0.1, 0.15) is 12.1 Å². The molecule has 8 nitrogen and oxygen atoms in total. The van der Waals surface area contributed by atoms with Crippen LogP contribution in [0.3, 0.4) is 0 Å². The van der Waals surface area contributed by atoms with Crippen LogP contribution in [-0.4, -0.2) is 51.4 Å². The monoisotopic (exact) mass is 356 g/mol.